The molecule has 1 saturated heterocycles. The van der Waals surface area contributed by atoms with Crippen LogP contribution in [0.25, 0.3) is 0 Å². The molecule has 7 nitrogen and oxygen atoms in total. The first kappa shape index (κ1) is 17.4. The van der Waals surface area contributed by atoms with Crippen LogP contribution in [0.1, 0.15) is 48.3 Å². The lowest BCUT2D eigenvalue weighted by Gasteiger charge is -2.18. The topological polar surface area (TPSA) is 83.7 Å². The van der Waals surface area contributed by atoms with Crippen molar-refractivity contribution in [3.63, 3.8) is 0 Å². The molecule has 1 aliphatic heterocycles. The van der Waals surface area contributed by atoms with Crippen LogP contribution in [0.2, 0.25) is 0 Å². The van der Waals surface area contributed by atoms with Crippen molar-refractivity contribution < 1.29 is 23.5 Å². The van der Waals surface area contributed by atoms with Crippen molar-refractivity contribution in [3.8, 4) is 5.75 Å². The number of esters is 1. The Morgan fingerprint density at radius 2 is 2.24 bits per heavy atom. The summed E-state index contributed by atoms with van der Waals surface area (Å²) < 4.78 is 21.5. The van der Waals surface area contributed by atoms with Crippen molar-refractivity contribution in [2.75, 3.05) is 13.7 Å². The minimum Gasteiger partial charge on any atom is -0.485 e. The second kappa shape index (κ2) is 7.65. The summed E-state index contributed by atoms with van der Waals surface area (Å²) in [7, 11) is 1.34. The average molecular weight is 346 g/mol. The van der Waals surface area contributed by atoms with Crippen molar-refractivity contribution in [2.24, 2.45) is 5.92 Å². The van der Waals surface area contributed by atoms with Crippen LogP contribution in [0.4, 0.5) is 0 Å². The third-order valence-corrected chi connectivity index (χ3v) is 4.22. The van der Waals surface area contributed by atoms with Crippen LogP contribution in [0.5, 0.6) is 5.75 Å². The summed E-state index contributed by atoms with van der Waals surface area (Å²) in [5, 5.41) is 3.99. The highest BCUT2D eigenvalue weighted by atomic mass is 16.5. The molecular weight excluding hydrogens is 324 g/mol. The zero-order valence-corrected chi connectivity index (χ0v) is 14.6. The molecule has 1 aliphatic rings. The minimum atomic E-state index is -0.409. The number of aromatic nitrogens is 2. The highest BCUT2D eigenvalue weighted by Crippen LogP contribution is 2.34. The van der Waals surface area contributed by atoms with E-state index in [1.807, 2.05) is 0 Å². The van der Waals surface area contributed by atoms with E-state index < -0.39 is 5.97 Å². The summed E-state index contributed by atoms with van der Waals surface area (Å²) in [6, 6.07) is 6.77. The molecule has 3 rings (SSSR count). The number of carbonyl (C=O) groups excluding carboxylic acids is 1. The molecule has 25 heavy (non-hydrogen) atoms. The highest BCUT2D eigenvalue weighted by molar-refractivity contribution is 5.89. The second-order valence-electron chi connectivity index (χ2n) is 6.33. The van der Waals surface area contributed by atoms with Crippen molar-refractivity contribution in [2.45, 2.75) is 38.9 Å². The maximum absolute atomic E-state index is 11.5. The Morgan fingerprint density at radius 3 is 3.00 bits per heavy atom. The van der Waals surface area contributed by atoms with Gasteiger partial charge in [0.1, 0.15) is 5.75 Å². The SMILES string of the molecule is COC(=O)c1cccc(OCc2noc([C@@H]3CCO[C@H]3C(C)C)n2)c1. The quantitative estimate of drug-likeness (QED) is 0.744. The number of ether oxygens (including phenoxy) is 3. The lowest BCUT2D eigenvalue weighted by molar-refractivity contribution is 0.0600. The Bertz CT molecular complexity index is 728. The third kappa shape index (κ3) is 3.99. The number of nitrogens with zero attached hydrogens (tertiary/aromatic N) is 2. The number of hydrogen-bond donors (Lipinski definition) is 0. The number of carbonyl (C=O) groups is 1. The van der Waals surface area contributed by atoms with E-state index in [4.69, 9.17) is 18.7 Å². The molecule has 1 aromatic heterocycles. The zero-order valence-electron chi connectivity index (χ0n) is 14.6. The third-order valence-electron chi connectivity index (χ3n) is 4.22. The van der Waals surface area contributed by atoms with Crippen LogP contribution in [-0.2, 0) is 16.1 Å². The maximum Gasteiger partial charge on any atom is 0.337 e. The molecular formula is C18H22N2O5. The van der Waals surface area contributed by atoms with Gasteiger partial charge in [0, 0.05) is 6.61 Å². The van der Waals surface area contributed by atoms with E-state index in [-0.39, 0.29) is 18.6 Å². The van der Waals surface area contributed by atoms with E-state index in [0.717, 1.165) is 6.42 Å². The summed E-state index contributed by atoms with van der Waals surface area (Å²) in [6.45, 7) is 5.12. The molecule has 1 fully saturated rings. The van der Waals surface area contributed by atoms with E-state index in [1.165, 1.54) is 7.11 Å². The molecule has 0 radical (unpaired) electrons. The molecule has 0 unspecified atom stereocenters. The molecule has 0 spiro atoms. The average Bonchev–Trinajstić information content (AvgIpc) is 3.28. The van der Waals surface area contributed by atoms with E-state index in [9.17, 15) is 4.79 Å². The molecule has 0 aliphatic carbocycles. The number of methoxy groups -OCH3 is 1. The van der Waals surface area contributed by atoms with Gasteiger partial charge in [-0.05, 0) is 30.5 Å². The van der Waals surface area contributed by atoms with Crippen molar-refractivity contribution in [3.05, 3.63) is 41.5 Å². The minimum absolute atomic E-state index is 0.103. The Labute approximate surface area is 146 Å². The molecule has 0 bridgehead atoms. The van der Waals surface area contributed by atoms with Gasteiger partial charge in [-0.25, -0.2) is 4.79 Å². The van der Waals surface area contributed by atoms with Crippen LogP contribution in [0.3, 0.4) is 0 Å². The van der Waals surface area contributed by atoms with Gasteiger partial charge < -0.3 is 18.7 Å². The van der Waals surface area contributed by atoms with Gasteiger partial charge >= 0.3 is 5.97 Å². The second-order valence-corrected chi connectivity index (χ2v) is 6.33. The largest absolute Gasteiger partial charge is 0.485 e. The van der Waals surface area contributed by atoms with Gasteiger partial charge in [-0.1, -0.05) is 25.1 Å². The van der Waals surface area contributed by atoms with Gasteiger partial charge in [-0.2, -0.15) is 4.98 Å². The monoisotopic (exact) mass is 346 g/mol. The van der Waals surface area contributed by atoms with Crippen LogP contribution < -0.4 is 4.74 Å². The van der Waals surface area contributed by atoms with Gasteiger partial charge in [0.15, 0.2) is 6.61 Å². The molecule has 7 heteroatoms. The van der Waals surface area contributed by atoms with Crippen molar-refractivity contribution in [1.82, 2.24) is 10.1 Å². The molecule has 1 aromatic carbocycles. The van der Waals surface area contributed by atoms with Crippen LogP contribution >= 0.6 is 0 Å². The first-order valence-electron chi connectivity index (χ1n) is 8.33. The smallest absolute Gasteiger partial charge is 0.337 e. The van der Waals surface area contributed by atoms with Gasteiger partial charge in [0.25, 0.3) is 0 Å². The van der Waals surface area contributed by atoms with Crippen LogP contribution in [0, 0.1) is 5.92 Å². The maximum atomic E-state index is 11.5. The number of rotatable bonds is 6. The Kier molecular flexibility index (Phi) is 5.33. The predicted octanol–water partition coefficient (Wildman–Crippen LogP) is 2.96. The van der Waals surface area contributed by atoms with Crippen LogP contribution in [-0.4, -0.2) is 35.9 Å². The standard InChI is InChI=1S/C18H22N2O5/c1-11(2)16-14(7-8-23-16)17-19-15(20-25-17)10-24-13-6-4-5-12(9-13)18(21)22-3/h4-6,9,11,14,16H,7-8,10H2,1-3H3/t14-,16+/m1/s1. The number of benzene rings is 1. The summed E-state index contributed by atoms with van der Waals surface area (Å²) in [5.74, 6) is 1.71. The lowest BCUT2D eigenvalue weighted by atomic mass is 9.93. The molecule has 0 saturated carbocycles. The summed E-state index contributed by atoms with van der Waals surface area (Å²) in [6.07, 6.45) is 0.984. The lowest BCUT2D eigenvalue weighted by Crippen LogP contribution is -2.21. The van der Waals surface area contributed by atoms with E-state index in [2.05, 4.69) is 24.0 Å². The van der Waals surface area contributed by atoms with Crippen LogP contribution in [0.15, 0.2) is 28.8 Å². The first-order chi connectivity index (χ1) is 12.1. The van der Waals surface area contributed by atoms with Gasteiger partial charge in [0.2, 0.25) is 11.7 Å². The summed E-state index contributed by atoms with van der Waals surface area (Å²) >= 11 is 0. The molecule has 0 N–H and O–H groups in total. The van der Waals surface area contributed by atoms with E-state index in [0.29, 0.717) is 35.6 Å². The van der Waals surface area contributed by atoms with Gasteiger partial charge in [-0.3, -0.25) is 0 Å². The predicted molar refractivity (Wildman–Crippen MR) is 88.3 cm³/mol. The highest BCUT2D eigenvalue weighted by Gasteiger charge is 2.35. The normalized spacial score (nSPS) is 20.0. The Balaban J connectivity index is 1.63. The zero-order chi connectivity index (χ0) is 17.8. The molecule has 0 amide bonds. The number of hydrogen-bond acceptors (Lipinski definition) is 7. The Morgan fingerprint density at radius 1 is 1.40 bits per heavy atom. The first-order valence-corrected chi connectivity index (χ1v) is 8.33. The molecule has 2 atom stereocenters. The molecule has 2 aromatic rings. The molecule has 134 valence electrons. The van der Waals surface area contributed by atoms with E-state index >= 15 is 0 Å². The van der Waals surface area contributed by atoms with Gasteiger partial charge in [0.05, 0.1) is 24.7 Å². The fourth-order valence-electron chi connectivity index (χ4n) is 2.99. The van der Waals surface area contributed by atoms with Crippen molar-refractivity contribution >= 4 is 5.97 Å². The molecule has 2 heterocycles. The fraction of sp³-hybridized carbons (Fsp3) is 0.500. The Hall–Kier alpha value is -2.41. The van der Waals surface area contributed by atoms with Crippen molar-refractivity contribution in [1.29, 1.82) is 0 Å². The fourth-order valence-corrected chi connectivity index (χ4v) is 2.99. The van der Waals surface area contributed by atoms with E-state index in [1.54, 1.807) is 24.3 Å². The van der Waals surface area contributed by atoms with Gasteiger partial charge in [-0.15, -0.1) is 0 Å². The summed E-state index contributed by atoms with van der Waals surface area (Å²) in [5.41, 5.74) is 0.427. The summed E-state index contributed by atoms with van der Waals surface area (Å²) in [4.78, 5) is 16.0.